The highest BCUT2D eigenvalue weighted by Gasteiger charge is 2.57. The predicted octanol–water partition coefficient (Wildman–Crippen LogP) is 3.48. The summed E-state index contributed by atoms with van der Waals surface area (Å²) in [5.74, 6) is 2.05. The van der Waals surface area contributed by atoms with Gasteiger partial charge in [0.15, 0.2) is 0 Å². The smallest absolute Gasteiger partial charge is 0.306 e. The van der Waals surface area contributed by atoms with E-state index in [-0.39, 0.29) is 17.6 Å². The van der Waals surface area contributed by atoms with E-state index in [1.165, 1.54) is 11.1 Å². The van der Waals surface area contributed by atoms with Crippen molar-refractivity contribution in [2.75, 3.05) is 26.5 Å². The fourth-order valence-corrected chi connectivity index (χ4v) is 6.98. The van der Waals surface area contributed by atoms with Gasteiger partial charge >= 0.3 is 10.1 Å². The van der Waals surface area contributed by atoms with Crippen molar-refractivity contribution in [3.8, 4) is 5.75 Å². The average molecular weight is 454 g/mol. The fraction of sp³-hybridized carbons (Fsp3) is 0.750. The van der Waals surface area contributed by atoms with Crippen molar-refractivity contribution in [3.63, 3.8) is 0 Å². The van der Waals surface area contributed by atoms with Crippen LogP contribution < -0.4 is 9.50 Å². The van der Waals surface area contributed by atoms with E-state index in [4.69, 9.17) is 8.92 Å². The normalized spacial score (nSPS) is 34.1. The minimum absolute atomic E-state index is 0.159. The Kier molecular flexibility index (Phi) is 7.72. The maximum Gasteiger partial charge on any atom is 0.306 e. The van der Waals surface area contributed by atoms with Crippen LogP contribution in [0.15, 0.2) is 18.2 Å². The van der Waals surface area contributed by atoms with Crippen LogP contribution in [0.2, 0.25) is 0 Å². The highest BCUT2D eigenvalue weighted by Crippen LogP contribution is 2.60. The lowest BCUT2D eigenvalue weighted by atomic mass is 9.55. The molecule has 0 aliphatic heterocycles. The molecule has 0 saturated heterocycles. The molecule has 31 heavy (non-hydrogen) atoms. The Bertz CT molecular complexity index is 856. The monoisotopic (exact) mass is 453 g/mol. The fourth-order valence-electron chi connectivity index (χ4n) is 6.53. The molecule has 176 valence electrons. The van der Waals surface area contributed by atoms with Gasteiger partial charge in [-0.1, -0.05) is 13.0 Å². The maximum absolute atomic E-state index is 11.4. The van der Waals surface area contributed by atoms with Gasteiger partial charge in [-0.2, -0.15) is 8.42 Å². The Labute approximate surface area is 187 Å². The molecule has 3 aliphatic rings. The largest absolute Gasteiger partial charge is 0.391 e. The summed E-state index contributed by atoms with van der Waals surface area (Å²) in [6, 6.07) is 5.94. The van der Waals surface area contributed by atoms with Crippen LogP contribution in [0, 0.1) is 17.3 Å². The van der Waals surface area contributed by atoms with Crippen LogP contribution in [0.25, 0.3) is 0 Å². The molecule has 0 spiro atoms. The molecule has 6 atom stereocenters. The van der Waals surface area contributed by atoms with Crippen molar-refractivity contribution >= 4 is 10.1 Å². The zero-order valence-electron chi connectivity index (χ0n) is 19.6. The summed E-state index contributed by atoms with van der Waals surface area (Å²) in [6.07, 6.45) is 5.99. The summed E-state index contributed by atoms with van der Waals surface area (Å²) in [5, 5.41) is 14.0. The van der Waals surface area contributed by atoms with Crippen molar-refractivity contribution in [1.82, 2.24) is 5.32 Å². The Morgan fingerprint density at radius 3 is 2.52 bits per heavy atom. The maximum atomic E-state index is 11.4. The van der Waals surface area contributed by atoms with E-state index in [1.54, 1.807) is 6.07 Å². The van der Waals surface area contributed by atoms with Gasteiger partial charge in [0.25, 0.3) is 0 Å². The number of hydrogen-bond donors (Lipinski definition) is 2. The van der Waals surface area contributed by atoms with Gasteiger partial charge in [0, 0.05) is 19.3 Å². The van der Waals surface area contributed by atoms with E-state index in [0.717, 1.165) is 51.6 Å². The second kappa shape index (κ2) is 9.77. The van der Waals surface area contributed by atoms with Gasteiger partial charge in [0.05, 0.1) is 12.4 Å². The number of ether oxygens (including phenoxy) is 1. The third-order valence-corrected chi connectivity index (χ3v) is 8.19. The molecule has 7 heteroatoms. The lowest BCUT2D eigenvalue weighted by Gasteiger charge is -2.50. The Morgan fingerprint density at radius 2 is 1.94 bits per heavy atom. The molecular weight excluding hydrogens is 414 g/mol. The van der Waals surface area contributed by atoms with Crippen LogP contribution in [-0.4, -0.2) is 52.2 Å². The summed E-state index contributed by atoms with van der Waals surface area (Å²) in [7, 11) is -1.53. The van der Waals surface area contributed by atoms with Crippen molar-refractivity contribution in [3.05, 3.63) is 29.3 Å². The first-order chi connectivity index (χ1) is 14.6. The molecule has 2 fully saturated rings. The van der Waals surface area contributed by atoms with Gasteiger partial charge in [0.1, 0.15) is 5.75 Å². The SMILES string of the molecule is CCOCC.CN[C@H]1[C@H](O)C[C@H]2[C@@H]3CCc4cc(OS(C)(=O)=O)ccc4[C@H]3CC[C@@]21C. The lowest BCUT2D eigenvalue weighted by molar-refractivity contribution is 0.0382. The van der Waals surface area contributed by atoms with Crippen LogP contribution >= 0.6 is 0 Å². The molecule has 1 aromatic rings. The van der Waals surface area contributed by atoms with E-state index >= 15 is 0 Å². The van der Waals surface area contributed by atoms with Crippen LogP contribution in [-0.2, 0) is 21.3 Å². The molecule has 0 amide bonds. The molecule has 0 heterocycles. The molecule has 1 aromatic carbocycles. The topological polar surface area (TPSA) is 84.9 Å². The number of fused-ring (bicyclic) bond motifs is 5. The molecule has 0 radical (unpaired) electrons. The summed E-state index contributed by atoms with van der Waals surface area (Å²) < 4.78 is 32.7. The van der Waals surface area contributed by atoms with E-state index in [9.17, 15) is 13.5 Å². The first-order valence-electron chi connectivity index (χ1n) is 11.6. The Balaban J connectivity index is 0.000000491. The molecule has 2 saturated carbocycles. The van der Waals surface area contributed by atoms with Crippen LogP contribution in [0.3, 0.4) is 0 Å². The first-order valence-corrected chi connectivity index (χ1v) is 13.4. The number of nitrogens with one attached hydrogen (secondary N) is 1. The second-order valence-electron chi connectivity index (χ2n) is 9.46. The third-order valence-electron chi connectivity index (χ3n) is 7.69. The number of aliphatic hydroxyl groups excluding tert-OH is 1. The molecule has 0 unspecified atom stereocenters. The number of aryl methyl sites for hydroxylation is 1. The van der Waals surface area contributed by atoms with Gasteiger partial charge in [-0.05, 0) is 99.4 Å². The van der Waals surface area contributed by atoms with Crippen LogP contribution in [0.1, 0.15) is 63.5 Å². The average Bonchev–Trinajstić information content (AvgIpc) is 2.97. The number of aliphatic hydroxyl groups is 1. The van der Waals surface area contributed by atoms with Gasteiger partial charge in [-0.25, -0.2) is 0 Å². The molecule has 3 aliphatic carbocycles. The molecule has 0 aromatic heterocycles. The predicted molar refractivity (Wildman–Crippen MR) is 123 cm³/mol. The van der Waals surface area contributed by atoms with Crippen LogP contribution in [0.4, 0.5) is 0 Å². The summed E-state index contributed by atoms with van der Waals surface area (Å²) in [6.45, 7) is 8.02. The van der Waals surface area contributed by atoms with Crippen molar-refractivity contribution in [2.45, 2.75) is 70.9 Å². The zero-order valence-corrected chi connectivity index (χ0v) is 20.4. The Hall–Kier alpha value is -1.15. The minimum Gasteiger partial charge on any atom is -0.391 e. The third kappa shape index (κ3) is 5.10. The number of benzene rings is 1. The molecule has 0 bridgehead atoms. The standard InChI is InChI=1S/C20H29NO4S.C4H10O/c1-20-9-8-15-14-7-5-13(25-26(3,23)24)10-12(14)4-6-16(15)17(20)11-18(22)19(20)21-2;1-3-5-4-2/h5,7,10,15-19,21-22H,4,6,8-9,11H2,1-3H3;3-4H2,1-2H3/t15-,16-,17+,18-,19+,20+;/m1./s1. The summed E-state index contributed by atoms with van der Waals surface area (Å²) in [4.78, 5) is 0. The number of hydrogen-bond acceptors (Lipinski definition) is 6. The summed E-state index contributed by atoms with van der Waals surface area (Å²) >= 11 is 0. The minimum atomic E-state index is -3.50. The van der Waals surface area contributed by atoms with Crippen molar-refractivity contribution in [2.24, 2.45) is 17.3 Å². The number of likely N-dealkylation sites (N-methyl/N-ethyl adjacent to an activating group) is 1. The highest BCUT2D eigenvalue weighted by molar-refractivity contribution is 7.86. The highest BCUT2D eigenvalue weighted by atomic mass is 32.2. The van der Waals surface area contributed by atoms with E-state index in [1.807, 2.05) is 27.0 Å². The van der Waals surface area contributed by atoms with Gasteiger partial charge in [-0.3, -0.25) is 0 Å². The lowest BCUT2D eigenvalue weighted by Crippen LogP contribution is -2.49. The number of rotatable bonds is 5. The first kappa shape index (κ1) is 24.5. The van der Waals surface area contributed by atoms with E-state index in [0.29, 0.717) is 23.5 Å². The van der Waals surface area contributed by atoms with Crippen molar-refractivity contribution < 1.29 is 22.4 Å². The Morgan fingerprint density at radius 1 is 1.23 bits per heavy atom. The van der Waals surface area contributed by atoms with Crippen LogP contribution in [0.5, 0.6) is 5.75 Å². The van der Waals surface area contributed by atoms with Gasteiger partial charge in [-0.15, -0.1) is 0 Å². The molecular formula is C24H39NO5S. The zero-order chi connectivity index (χ0) is 22.8. The molecule has 2 N–H and O–H groups in total. The van der Waals surface area contributed by atoms with Crippen molar-refractivity contribution in [1.29, 1.82) is 0 Å². The van der Waals surface area contributed by atoms with E-state index < -0.39 is 10.1 Å². The molecule has 4 rings (SSSR count). The van der Waals surface area contributed by atoms with Gasteiger partial charge in [0.2, 0.25) is 0 Å². The molecule has 6 nitrogen and oxygen atoms in total. The van der Waals surface area contributed by atoms with Gasteiger partial charge < -0.3 is 19.3 Å². The second-order valence-corrected chi connectivity index (χ2v) is 11.0. The summed E-state index contributed by atoms with van der Waals surface area (Å²) in [5.41, 5.74) is 2.73. The quantitative estimate of drug-likeness (QED) is 0.664. The van der Waals surface area contributed by atoms with E-state index in [2.05, 4.69) is 18.3 Å².